The molecule has 202 valence electrons. The average Bonchev–Trinajstić information content (AvgIpc) is 3.53. The number of ether oxygens (including phenoxy) is 2. The van der Waals surface area contributed by atoms with E-state index >= 15 is 0 Å². The molecule has 0 saturated heterocycles. The van der Waals surface area contributed by atoms with Crippen LogP contribution >= 0.6 is 0 Å². The Morgan fingerprint density at radius 1 is 1.11 bits per heavy atom. The summed E-state index contributed by atoms with van der Waals surface area (Å²) in [6.07, 6.45) is 15.6. The summed E-state index contributed by atoms with van der Waals surface area (Å²) in [6.45, 7) is 2.27. The second-order valence-electron chi connectivity index (χ2n) is 12.5. The van der Waals surface area contributed by atoms with Crippen molar-refractivity contribution in [1.82, 2.24) is 0 Å². The van der Waals surface area contributed by atoms with Crippen LogP contribution in [0.15, 0.2) is 23.3 Å². The van der Waals surface area contributed by atoms with Gasteiger partial charge >= 0.3 is 11.9 Å². The predicted molar refractivity (Wildman–Crippen MR) is 141 cm³/mol. The summed E-state index contributed by atoms with van der Waals surface area (Å²) in [4.78, 5) is 23.2. The van der Waals surface area contributed by atoms with Crippen LogP contribution in [0.1, 0.15) is 123 Å². The van der Waals surface area contributed by atoms with E-state index in [0.717, 1.165) is 31.3 Å². The van der Waals surface area contributed by atoms with Crippen molar-refractivity contribution in [1.29, 1.82) is 0 Å². The highest BCUT2D eigenvalue weighted by Gasteiger charge is 2.60. The van der Waals surface area contributed by atoms with Gasteiger partial charge in [-0.1, -0.05) is 36.6 Å². The quantitative estimate of drug-likeness (QED) is 0.367. The van der Waals surface area contributed by atoms with Gasteiger partial charge in [-0.3, -0.25) is 9.59 Å². The fourth-order valence-electron chi connectivity index (χ4n) is 8.05. The molecule has 0 aromatic heterocycles. The summed E-state index contributed by atoms with van der Waals surface area (Å²) in [5.41, 5.74) is 1.17. The van der Waals surface area contributed by atoms with E-state index in [1.807, 2.05) is 0 Å². The molecule has 2 unspecified atom stereocenters. The van der Waals surface area contributed by atoms with E-state index < -0.39 is 19.4 Å². The van der Waals surface area contributed by atoms with Crippen molar-refractivity contribution in [2.24, 2.45) is 22.7 Å². The van der Waals surface area contributed by atoms with Crippen LogP contribution in [0, 0.1) is 22.7 Å². The summed E-state index contributed by atoms with van der Waals surface area (Å²) in [5, 5.41) is 10.6. The van der Waals surface area contributed by atoms with E-state index in [1.54, 1.807) is 0 Å². The molecule has 0 bridgehead atoms. The van der Waals surface area contributed by atoms with Gasteiger partial charge in [-0.25, -0.2) is 0 Å². The number of carbonyl (C=O) groups excluding carboxylic acids is 2. The molecule has 0 aromatic rings. The third kappa shape index (κ3) is 6.44. The summed E-state index contributed by atoms with van der Waals surface area (Å²) in [5.74, 6) is 0.478. The minimum absolute atomic E-state index is 0.156. The number of hydrogen-bond acceptors (Lipinski definition) is 5. The largest absolute Gasteiger partial charge is 0.462 e. The number of allylic oxidation sites excluding steroid dienone is 3. The van der Waals surface area contributed by atoms with E-state index in [-0.39, 0.29) is 41.4 Å². The zero-order valence-electron chi connectivity index (χ0n) is 26.4. The molecule has 0 aliphatic heterocycles. The first-order valence-corrected chi connectivity index (χ1v) is 14.0. The van der Waals surface area contributed by atoms with Crippen LogP contribution < -0.4 is 0 Å². The second kappa shape index (κ2) is 10.6. The molecule has 5 nitrogen and oxygen atoms in total. The molecule has 0 radical (unpaired) electrons. The first kappa shape index (κ1) is 22.4. The van der Waals surface area contributed by atoms with Crippen molar-refractivity contribution in [3.05, 3.63) is 23.3 Å². The molecule has 4 aliphatic carbocycles. The third-order valence-electron chi connectivity index (χ3n) is 9.56. The zero-order valence-corrected chi connectivity index (χ0v) is 22.4. The number of hydrogen-bond donors (Lipinski definition) is 1. The van der Waals surface area contributed by atoms with Crippen molar-refractivity contribution >= 4 is 11.9 Å². The van der Waals surface area contributed by atoms with Gasteiger partial charge in [0.05, 0.1) is 5.60 Å². The van der Waals surface area contributed by atoms with Gasteiger partial charge in [-0.05, 0) is 94.2 Å². The molecular formula is C31H48O5. The standard InChI is InChI=1S/C31H48O5/c1-21(32)35-25-18-23(19-26(20-25)36-22(2)33)9-10-24-8-6-14-30(5)27(24)11-12-28(30)31(16-17-31)15-7-13-29(3,4)34/h9-10,25-28,34H,6-8,11-20H2,1-5H3/t25-,26-,27?,28+,30+/m1/s1/i3D,4D3/t25-,26-,27?,28+,29?,30+. The van der Waals surface area contributed by atoms with Crippen molar-refractivity contribution in [2.45, 2.75) is 136 Å². The maximum absolute atomic E-state index is 11.6. The lowest BCUT2D eigenvalue weighted by Gasteiger charge is -2.45. The molecule has 0 aromatic carbocycles. The fraction of sp³-hybridized carbons (Fsp3) is 0.806. The number of esters is 2. The average molecular weight is 505 g/mol. The van der Waals surface area contributed by atoms with Crippen LogP contribution in [0.25, 0.3) is 0 Å². The van der Waals surface area contributed by atoms with Crippen molar-refractivity contribution in [3.63, 3.8) is 0 Å². The molecule has 1 N–H and O–H groups in total. The van der Waals surface area contributed by atoms with E-state index in [1.165, 1.54) is 45.1 Å². The van der Waals surface area contributed by atoms with Gasteiger partial charge in [-0.15, -0.1) is 0 Å². The predicted octanol–water partition coefficient (Wildman–Crippen LogP) is 6.82. The normalized spacial score (nSPS) is 38.0. The number of rotatable bonds is 8. The van der Waals surface area contributed by atoms with E-state index in [4.69, 9.17) is 15.0 Å². The Morgan fingerprint density at radius 3 is 2.39 bits per heavy atom. The van der Waals surface area contributed by atoms with Crippen LogP contribution in [0.4, 0.5) is 0 Å². The lowest BCUT2D eigenvalue weighted by atomic mass is 9.59. The van der Waals surface area contributed by atoms with Crippen molar-refractivity contribution < 1.29 is 29.7 Å². The Balaban J connectivity index is 1.45. The number of carbonyl (C=O) groups is 2. The van der Waals surface area contributed by atoms with E-state index in [0.29, 0.717) is 37.5 Å². The molecule has 4 saturated carbocycles. The number of aliphatic hydroxyl groups is 1. The Hall–Kier alpha value is -1.62. The molecular weight excluding hydrogens is 452 g/mol. The van der Waals surface area contributed by atoms with Crippen molar-refractivity contribution in [2.75, 3.05) is 0 Å². The maximum Gasteiger partial charge on any atom is 0.302 e. The number of fused-ring (bicyclic) bond motifs is 1. The van der Waals surface area contributed by atoms with Gasteiger partial charge in [-0.2, -0.15) is 0 Å². The minimum Gasteiger partial charge on any atom is -0.462 e. The molecule has 4 fully saturated rings. The molecule has 4 rings (SSSR count). The van der Waals surface area contributed by atoms with Crippen LogP contribution in [0.5, 0.6) is 0 Å². The molecule has 0 amide bonds. The van der Waals surface area contributed by atoms with Gasteiger partial charge in [0.25, 0.3) is 0 Å². The molecule has 6 atom stereocenters. The van der Waals surface area contributed by atoms with E-state index in [2.05, 4.69) is 19.1 Å². The van der Waals surface area contributed by atoms with Crippen LogP contribution in [-0.2, 0) is 19.1 Å². The SMILES string of the molecule is [2H]CC(O)(CCCC1([C@H]2CCC3C(=CC=C4C[C@@H](OC(C)=O)C[C@H](OC(C)=O)C4)CCC[C@@]32C)CC1)C([2H])([2H])[2H]. The molecule has 4 aliphatic rings. The van der Waals surface area contributed by atoms with Gasteiger partial charge < -0.3 is 14.6 Å². The van der Waals surface area contributed by atoms with Gasteiger partial charge in [0.1, 0.15) is 12.2 Å². The third-order valence-corrected chi connectivity index (χ3v) is 9.56. The van der Waals surface area contributed by atoms with Crippen LogP contribution in [0.2, 0.25) is 0 Å². The lowest BCUT2D eigenvalue weighted by molar-refractivity contribution is -0.154. The van der Waals surface area contributed by atoms with E-state index in [9.17, 15) is 14.7 Å². The van der Waals surface area contributed by atoms with Gasteiger partial charge in [0.2, 0.25) is 0 Å². The molecule has 0 heterocycles. The highest BCUT2D eigenvalue weighted by molar-refractivity contribution is 5.67. The zero-order chi connectivity index (χ0) is 29.3. The molecule has 5 heteroatoms. The Morgan fingerprint density at radius 2 is 1.81 bits per heavy atom. The topological polar surface area (TPSA) is 72.8 Å². The first-order valence-electron chi connectivity index (χ1n) is 16.2. The van der Waals surface area contributed by atoms with Crippen molar-refractivity contribution in [3.8, 4) is 0 Å². The highest BCUT2D eigenvalue weighted by atomic mass is 16.6. The molecule has 36 heavy (non-hydrogen) atoms. The monoisotopic (exact) mass is 504 g/mol. The summed E-state index contributed by atoms with van der Waals surface area (Å²) >= 11 is 0. The van der Waals surface area contributed by atoms with Crippen LogP contribution in [-0.4, -0.2) is 34.9 Å². The Bertz CT molecular complexity index is 990. The summed E-state index contributed by atoms with van der Waals surface area (Å²) < 4.78 is 41.7. The first-order chi connectivity index (χ1) is 18.7. The lowest BCUT2D eigenvalue weighted by Crippen LogP contribution is -2.37. The smallest absolute Gasteiger partial charge is 0.302 e. The van der Waals surface area contributed by atoms with Crippen LogP contribution in [0.3, 0.4) is 0 Å². The highest BCUT2D eigenvalue weighted by Crippen LogP contribution is 2.70. The molecule has 0 spiro atoms. The second-order valence-corrected chi connectivity index (χ2v) is 12.5. The Labute approximate surface area is 223 Å². The maximum atomic E-state index is 11.6. The summed E-state index contributed by atoms with van der Waals surface area (Å²) in [7, 11) is 0. The fourth-order valence-corrected chi connectivity index (χ4v) is 8.05. The Kier molecular flexibility index (Phi) is 6.61. The minimum atomic E-state index is -2.53. The van der Waals surface area contributed by atoms with Gasteiger partial charge in [0.15, 0.2) is 0 Å². The van der Waals surface area contributed by atoms with Gasteiger partial charge in [0, 0.05) is 38.6 Å². The summed E-state index contributed by atoms with van der Waals surface area (Å²) in [6, 6.07) is 0.